The Kier molecular flexibility index (Phi) is 2.61. The Hall–Kier alpha value is -0.0800. The molecule has 1 saturated carbocycles. The zero-order chi connectivity index (χ0) is 12.3. The maximum absolute atomic E-state index is 3.99. The Morgan fingerprint density at radius 1 is 0.941 bits per heavy atom. The maximum atomic E-state index is 3.99. The molecule has 1 aliphatic carbocycles. The van der Waals surface area contributed by atoms with E-state index >= 15 is 0 Å². The van der Waals surface area contributed by atoms with Gasteiger partial charge in [0.05, 0.1) is 0 Å². The maximum Gasteiger partial charge on any atom is 0.0249 e. The first kappa shape index (κ1) is 12.0. The average Bonchev–Trinajstić information content (AvgIpc) is 2.65. The lowest BCUT2D eigenvalue weighted by Gasteiger charge is -2.33. The van der Waals surface area contributed by atoms with Crippen LogP contribution in [0.3, 0.4) is 0 Å². The number of nitrogens with zero attached hydrogens (tertiary/aromatic N) is 1. The molecule has 3 aliphatic rings. The van der Waals surface area contributed by atoms with E-state index in [-0.39, 0.29) is 0 Å². The fourth-order valence-corrected chi connectivity index (χ4v) is 4.27. The molecule has 2 atom stereocenters. The summed E-state index contributed by atoms with van der Waals surface area (Å²) in [6.45, 7) is 12.3. The van der Waals surface area contributed by atoms with E-state index in [4.69, 9.17) is 0 Å². The number of hydrogen-bond acceptors (Lipinski definition) is 2. The molecule has 0 aromatic carbocycles. The Bertz CT molecular complexity index is 294. The Morgan fingerprint density at radius 3 is 2.29 bits per heavy atom. The van der Waals surface area contributed by atoms with Crippen LogP contribution in [-0.4, -0.2) is 36.1 Å². The normalized spacial score (nSPS) is 40.2. The molecule has 0 aromatic rings. The highest BCUT2D eigenvalue weighted by molar-refractivity contribution is 5.19. The largest absolute Gasteiger partial charge is 0.309 e. The van der Waals surface area contributed by atoms with Crippen LogP contribution in [0.4, 0.5) is 0 Å². The molecule has 2 unspecified atom stereocenters. The first-order valence-corrected chi connectivity index (χ1v) is 7.45. The molecule has 3 fully saturated rings. The lowest BCUT2D eigenvalue weighted by molar-refractivity contribution is 0.178. The van der Waals surface area contributed by atoms with Crippen LogP contribution in [-0.2, 0) is 0 Å². The van der Waals surface area contributed by atoms with Gasteiger partial charge in [0.1, 0.15) is 0 Å². The lowest BCUT2D eigenvalue weighted by Crippen LogP contribution is -2.46. The minimum Gasteiger partial charge on any atom is -0.309 e. The lowest BCUT2D eigenvalue weighted by atomic mass is 9.99. The molecule has 0 aromatic heterocycles. The zero-order valence-electron chi connectivity index (χ0n) is 11.9. The van der Waals surface area contributed by atoms with E-state index in [2.05, 4.69) is 37.9 Å². The molecule has 98 valence electrons. The molecule has 0 radical (unpaired) electrons. The minimum absolute atomic E-state index is 0.481. The van der Waals surface area contributed by atoms with Gasteiger partial charge >= 0.3 is 0 Å². The number of piperidine rings is 1. The van der Waals surface area contributed by atoms with E-state index in [1.165, 1.54) is 38.8 Å². The van der Waals surface area contributed by atoms with Crippen molar-refractivity contribution in [2.75, 3.05) is 13.1 Å². The van der Waals surface area contributed by atoms with Crippen molar-refractivity contribution in [3.63, 3.8) is 0 Å². The summed E-state index contributed by atoms with van der Waals surface area (Å²) in [7, 11) is 0. The molecule has 2 heterocycles. The zero-order valence-corrected chi connectivity index (χ0v) is 11.9. The van der Waals surface area contributed by atoms with Gasteiger partial charge in [0.25, 0.3) is 0 Å². The first-order valence-electron chi connectivity index (χ1n) is 7.45. The molecule has 0 amide bonds. The smallest absolute Gasteiger partial charge is 0.0249 e. The van der Waals surface area contributed by atoms with E-state index in [1.54, 1.807) is 0 Å². The van der Waals surface area contributed by atoms with Crippen LogP contribution < -0.4 is 5.32 Å². The second-order valence-electron chi connectivity index (χ2n) is 7.54. The molecule has 1 N–H and O–H groups in total. The van der Waals surface area contributed by atoms with Gasteiger partial charge in [-0.15, -0.1) is 0 Å². The van der Waals surface area contributed by atoms with Crippen LogP contribution in [0.2, 0.25) is 0 Å². The Balaban J connectivity index is 1.64. The predicted octanol–water partition coefficient (Wildman–Crippen LogP) is 2.64. The third-order valence-corrected chi connectivity index (χ3v) is 6.26. The van der Waals surface area contributed by atoms with Gasteiger partial charge in [-0.3, -0.25) is 4.90 Å². The summed E-state index contributed by atoms with van der Waals surface area (Å²) in [6.07, 6.45) is 5.65. The number of hydrogen-bond donors (Lipinski definition) is 1. The highest BCUT2D eigenvalue weighted by Crippen LogP contribution is 2.63. The van der Waals surface area contributed by atoms with Crippen molar-refractivity contribution >= 4 is 0 Å². The number of rotatable bonds is 2. The number of nitrogens with one attached hydrogen (secondary N) is 1. The summed E-state index contributed by atoms with van der Waals surface area (Å²) < 4.78 is 0. The molecule has 3 rings (SSSR count). The topological polar surface area (TPSA) is 15.3 Å². The molecule has 2 heteroatoms. The van der Waals surface area contributed by atoms with Gasteiger partial charge in [0.15, 0.2) is 0 Å². The Morgan fingerprint density at radius 2 is 1.65 bits per heavy atom. The summed E-state index contributed by atoms with van der Waals surface area (Å²) >= 11 is 0. The summed E-state index contributed by atoms with van der Waals surface area (Å²) in [5.74, 6) is 0. The van der Waals surface area contributed by atoms with Gasteiger partial charge in [-0.2, -0.15) is 0 Å². The number of fused-ring (bicyclic) bond motifs is 1. The highest BCUT2D eigenvalue weighted by Gasteiger charge is 2.65. The van der Waals surface area contributed by atoms with Gasteiger partial charge in [0.2, 0.25) is 0 Å². The molecule has 0 bridgehead atoms. The van der Waals surface area contributed by atoms with Crippen LogP contribution >= 0.6 is 0 Å². The van der Waals surface area contributed by atoms with Crippen LogP contribution in [0.15, 0.2) is 0 Å². The van der Waals surface area contributed by atoms with Gasteiger partial charge < -0.3 is 5.32 Å². The van der Waals surface area contributed by atoms with E-state index in [0.29, 0.717) is 10.8 Å². The second-order valence-corrected chi connectivity index (χ2v) is 7.54. The predicted molar refractivity (Wildman–Crippen MR) is 72.1 cm³/mol. The SMILES string of the molecule is CC1(C)C(NC2CCN3CCCCC23)C1(C)C. The summed E-state index contributed by atoms with van der Waals surface area (Å²) in [5, 5.41) is 3.99. The quantitative estimate of drug-likeness (QED) is 0.793. The Labute approximate surface area is 106 Å². The highest BCUT2D eigenvalue weighted by atomic mass is 15.2. The molecular weight excluding hydrogens is 208 g/mol. The van der Waals surface area contributed by atoms with Gasteiger partial charge in [-0.25, -0.2) is 0 Å². The summed E-state index contributed by atoms with van der Waals surface area (Å²) in [5.41, 5.74) is 0.962. The molecule has 2 nitrogen and oxygen atoms in total. The molecule has 2 aliphatic heterocycles. The summed E-state index contributed by atoms with van der Waals surface area (Å²) in [6, 6.07) is 2.33. The molecular formula is C15H28N2. The first-order chi connectivity index (χ1) is 7.94. The van der Waals surface area contributed by atoms with Crippen LogP contribution in [0.5, 0.6) is 0 Å². The minimum atomic E-state index is 0.481. The fraction of sp³-hybridized carbons (Fsp3) is 1.00. The van der Waals surface area contributed by atoms with Crippen molar-refractivity contribution in [1.29, 1.82) is 0 Å². The fourth-order valence-electron chi connectivity index (χ4n) is 4.27. The van der Waals surface area contributed by atoms with Crippen molar-refractivity contribution in [2.45, 2.75) is 71.5 Å². The van der Waals surface area contributed by atoms with Crippen molar-refractivity contribution in [2.24, 2.45) is 10.8 Å². The van der Waals surface area contributed by atoms with E-state index in [0.717, 1.165) is 18.1 Å². The third kappa shape index (κ3) is 1.67. The van der Waals surface area contributed by atoms with Crippen molar-refractivity contribution in [1.82, 2.24) is 10.2 Å². The summed E-state index contributed by atoms with van der Waals surface area (Å²) in [4.78, 5) is 2.73. The van der Waals surface area contributed by atoms with Gasteiger partial charge in [0, 0.05) is 24.7 Å². The molecule has 0 spiro atoms. The van der Waals surface area contributed by atoms with Crippen molar-refractivity contribution < 1.29 is 0 Å². The van der Waals surface area contributed by atoms with Crippen molar-refractivity contribution in [3.05, 3.63) is 0 Å². The third-order valence-electron chi connectivity index (χ3n) is 6.26. The molecule has 2 saturated heterocycles. The monoisotopic (exact) mass is 236 g/mol. The van der Waals surface area contributed by atoms with Gasteiger partial charge in [-0.1, -0.05) is 34.1 Å². The van der Waals surface area contributed by atoms with Crippen LogP contribution in [0.1, 0.15) is 53.4 Å². The average molecular weight is 236 g/mol. The van der Waals surface area contributed by atoms with Crippen molar-refractivity contribution in [3.8, 4) is 0 Å². The van der Waals surface area contributed by atoms with Crippen LogP contribution in [0.25, 0.3) is 0 Å². The second kappa shape index (κ2) is 3.71. The standard InChI is InChI=1S/C15H28N2/c1-14(2)13(15(14,3)4)16-11-8-10-17-9-6-5-7-12(11)17/h11-13,16H,5-10H2,1-4H3. The van der Waals surface area contributed by atoms with E-state index in [1.807, 2.05) is 0 Å². The van der Waals surface area contributed by atoms with Gasteiger partial charge in [-0.05, 0) is 36.6 Å². The van der Waals surface area contributed by atoms with E-state index < -0.39 is 0 Å². The van der Waals surface area contributed by atoms with Crippen LogP contribution in [0, 0.1) is 10.8 Å². The molecule has 17 heavy (non-hydrogen) atoms. The van der Waals surface area contributed by atoms with E-state index in [9.17, 15) is 0 Å².